The summed E-state index contributed by atoms with van der Waals surface area (Å²) >= 11 is 0. The van der Waals surface area contributed by atoms with Crippen molar-refractivity contribution in [2.45, 2.75) is 13.5 Å². The van der Waals surface area contributed by atoms with Crippen LogP contribution in [0.25, 0.3) is 11.4 Å². The summed E-state index contributed by atoms with van der Waals surface area (Å²) in [7, 11) is 1.55. The minimum absolute atomic E-state index is 0.124. The zero-order valence-electron chi connectivity index (χ0n) is 13.7. The van der Waals surface area contributed by atoms with Gasteiger partial charge in [0.2, 0.25) is 5.82 Å². The molecule has 128 valence electrons. The lowest BCUT2D eigenvalue weighted by atomic mass is 10.1. The van der Waals surface area contributed by atoms with Gasteiger partial charge >= 0.3 is 5.97 Å². The first-order chi connectivity index (χ1) is 12.1. The van der Waals surface area contributed by atoms with Gasteiger partial charge in [-0.15, -0.1) is 0 Å². The fraction of sp³-hybridized carbons (Fsp3) is 0.167. The zero-order chi connectivity index (χ0) is 17.8. The molecule has 0 spiro atoms. The maximum absolute atomic E-state index is 13.2. The molecule has 2 aromatic carbocycles. The molecule has 0 aliphatic rings. The van der Waals surface area contributed by atoms with Crippen LogP contribution in [0.3, 0.4) is 0 Å². The standard InChI is InChI=1S/C18H15FN2O4/c1-11-8-14(23-2)6-7-15(11)18(22)24-10-16-20-17(21-25-16)12-4-3-5-13(19)9-12/h3-9H,10H2,1-2H3. The van der Waals surface area contributed by atoms with Crippen molar-refractivity contribution >= 4 is 5.97 Å². The molecule has 0 aliphatic heterocycles. The van der Waals surface area contributed by atoms with Gasteiger partial charge in [-0.2, -0.15) is 4.98 Å². The second kappa shape index (κ2) is 7.12. The number of hydrogen-bond donors (Lipinski definition) is 0. The van der Waals surface area contributed by atoms with Gasteiger partial charge in [-0.05, 0) is 42.8 Å². The molecule has 7 heteroatoms. The number of rotatable bonds is 5. The van der Waals surface area contributed by atoms with Crippen LogP contribution in [0.4, 0.5) is 4.39 Å². The minimum atomic E-state index is -0.509. The van der Waals surface area contributed by atoms with Crippen LogP contribution in [0.1, 0.15) is 21.8 Å². The number of ether oxygens (including phenoxy) is 2. The van der Waals surface area contributed by atoms with Crippen molar-refractivity contribution in [2.75, 3.05) is 7.11 Å². The number of carbonyl (C=O) groups excluding carboxylic acids is 1. The molecule has 3 rings (SSSR count). The van der Waals surface area contributed by atoms with E-state index in [1.54, 1.807) is 44.4 Å². The van der Waals surface area contributed by atoms with Gasteiger partial charge < -0.3 is 14.0 Å². The molecule has 0 aliphatic carbocycles. The summed E-state index contributed by atoms with van der Waals surface area (Å²) in [6.45, 7) is 1.61. The van der Waals surface area contributed by atoms with Crippen molar-refractivity contribution in [1.29, 1.82) is 0 Å². The Morgan fingerprint density at radius 2 is 2.08 bits per heavy atom. The first-order valence-electron chi connectivity index (χ1n) is 7.47. The largest absolute Gasteiger partial charge is 0.497 e. The van der Waals surface area contributed by atoms with E-state index in [0.717, 1.165) is 5.56 Å². The number of methoxy groups -OCH3 is 1. The Morgan fingerprint density at radius 1 is 1.24 bits per heavy atom. The second-order valence-electron chi connectivity index (χ2n) is 5.28. The molecule has 0 radical (unpaired) electrons. The number of aryl methyl sites for hydroxylation is 1. The average Bonchev–Trinajstić information content (AvgIpc) is 3.08. The second-order valence-corrected chi connectivity index (χ2v) is 5.28. The minimum Gasteiger partial charge on any atom is -0.497 e. The molecule has 0 saturated carbocycles. The summed E-state index contributed by atoms with van der Waals surface area (Å²) < 4.78 is 28.6. The third kappa shape index (κ3) is 3.82. The summed E-state index contributed by atoms with van der Waals surface area (Å²) in [5.41, 5.74) is 1.63. The quantitative estimate of drug-likeness (QED) is 0.660. The number of esters is 1. The summed E-state index contributed by atoms with van der Waals surface area (Å²) in [6.07, 6.45) is 0. The summed E-state index contributed by atoms with van der Waals surface area (Å²) in [5.74, 6) is 0.103. The van der Waals surface area contributed by atoms with Crippen LogP contribution in [0, 0.1) is 12.7 Å². The van der Waals surface area contributed by atoms with Gasteiger partial charge in [0.1, 0.15) is 11.6 Å². The van der Waals surface area contributed by atoms with E-state index in [9.17, 15) is 9.18 Å². The van der Waals surface area contributed by atoms with E-state index in [-0.39, 0.29) is 18.3 Å². The van der Waals surface area contributed by atoms with Crippen LogP contribution < -0.4 is 4.74 Å². The lowest BCUT2D eigenvalue weighted by Crippen LogP contribution is -2.07. The Hall–Kier alpha value is -3.22. The third-order valence-electron chi connectivity index (χ3n) is 3.53. The summed E-state index contributed by atoms with van der Waals surface area (Å²) in [5, 5.41) is 3.76. The zero-order valence-corrected chi connectivity index (χ0v) is 13.7. The Kier molecular flexibility index (Phi) is 4.74. The average molecular weight is 342 g/mol. The first kappa shape index (κ1) is 16.6. The first-order valence-corrected chi connectivity index (χ1v) is 7.47. The summed E-state index contributed by atoms with van der Waals surface area (Å²) in [6, 6.07) is 10.9. The molecule has 6 nitrogen and oxygen atoms in total. The lowest BCUT2D eigenvalue weighted by molar-refractivity contribution is 0.0429. The number of aromatic nitrogens is 2. The molecule has 0 atom stereocenters. The predicted molar refractivity (Wildman–Crippen MR) is 86.5 cm³/mol. The molecule has 25 heavy (non-hydrogen) atoms. The van der Waals surface area contributed by atoms with Crippen LogP contribution in [-0.4, -0.2) is 23.2 Å². The summed E-state index contributed by atoms with van der Waals surface area (Å²) in [4.78, 5) is 16.3. The Balaban J connectivity index is 1.67. The van der Waals surface area contributed by atoms with Crippen LogP contribution in [0.15, 0.2) is 47.0 Å². The van der Waals surface area contributed by atoms with Crippen molar-refractivity contribution in [1.82, 2.24) is 10.1 Å². The van der Waals surface area contributed by atoms with Crippen LogP contribution in [0.5, 0.6) is 5.75 Å². The Labute approximate surface area is 143 Å². The van der Waals surface area contributed by atoms with E-state index in [1.807, 2.05) is 0 Å². The highest BCUT2D eigenvalue weighted by Crippen LogP contribution is 2.19. The molecule has 0 N–H and O–H groups in total. The normalized spacial score (nSPS) is 10.5. The molecule has 0 saturated heterocycles. The maximum atomic E-state index is 13.2. The van der Waals surface area contributed by atoms with E-state index in [1.165, 1.54) is 12.1 Å². The van der Waals surface area contributed by atoms with Gasteiger partial charge in [0, 0.05) is 5.56 Å². The van der Waals surface area contributed by atoms with Crippen molar-refractivity contribution in [3.63, 3.8) is 0 Å². The van der Waals surface area contributed by atoms with E-state index in [0.29, 0.717) is 16.9 Å². The van der Waals surface area contributed by atoms with Crippen molar-refractivity contribution in [3.8, 4) is 17.1 Å². The maximum Gasteiger partial charge on any atom is 0.338 e. The Morgan fingerprint density at radius 3 is 2.80 bits per heavy atom. The molecular weight excluding hydrogens is 327 g/mol. The number of carbonyl (C=O) groups is 1. The highest BCUT2D eigenvalue weighted by atomic mass is 19.1. The Bertz CT molecular complexity index is 908. The van der Waals surface area contributed by atoms with Gasteiger partial charge in [-0.3, -0.25) is 0 Å². The van der Waals surface area contributed by atoms with Gasteiger partial charge in [-0.1, -0.05) is 17.3 Å². The number of benzene rings is 2. The van der Waals surface area contributed by atoms with Crippen molar-refractivity contribution in [3.05, 3.63) is 65.3 Å². The monoisotopic (exact) mass is 342 g/mol. The van der Waals surface area contributed by atoms with Gasteiger partial charge in [0.25, 0.3) is 5.89 Å². The molecule has 3 aromatic rings. The molecule has 1 aromatic heterocycles. The third-order valence-corrected chi connectivity index (χ3v) is 3.53. The fourth-order valence-electron chi connectivity index (χ4n) is 2.26. The van der Waals surface area contributed by atoms with Crippen LogP contribution in [-0.2, 0) is 11.3 Å². The number of hydrogen-bond acceptors (Lipinski definition) is 6. The van der Waals surface area contributed by atoms with Gasteiger partial charge in [-0.25, -0.2) is 9.18 Å². The van der Waals surface area contributed by atoms with E-state index >= 15 is 0 Å². The molecule has 0 bridgehead atoms. The van der Waals surface area contributed by atoms with E-state index < -0.39 is 11.8 Å². The highest BCUT2D eigenvalue weighted by Gasteiger charge is 2.15. The topological polar surface area (TPSA) is 74.5 Å². The SMILES string of the molecule is COc1ccc(C(=O)OCc2nc(-c3cccc(F)c3)no2)c(C)c1. The number of nitrogens with zero attached hydrogens (tertiary/aromatic N) is 2. The molecule has 1 heterocycles. The molecule has 0 amide bonds. The van der Waals surface area contributed by atoms with Gasteiger partial charge in [0.15, 0.2) is 6.61 Å². The van der Waals surface area contributed by atoms with E-state index in [2.05, 4.69) is 10.1 Å². The van der Waals surface area contributed by atoms with Gasteiger partial charge in [0.05, 0.1) is 12.7 Å². The smallest absolute Gasteiger partial charge is 0.338 e. The fourth-order valence-corrected chi connectivity index (χ4v) is 2.26. The molecule has 0 fully saturated rings. The van der Waals surface area contributed by atoms with Crippen LogP contribution in [0.2, 0.25) is 0 Å². The predicted octanol–water partition coefficient (Wildman–Crippen LogP) is 3.55. The molecular formula is C18H15FN2O4. The van der Waals surface area contributed by atoms with Crippen LogP contribution >= 0.6 is 0 Å². The van der Waals surface area contributed by atoms with E-state index in [4.69, 9.17) is 14.0 Å². The highest BCUT2D eigenvalue weighted by molar-refractivity contribution is 5.91. The molecule has 0 unspecified atom stereocenters. The van der Waals surface area contributed by atoms with Crippen molar-refractivity contribution < 1.29 is 23.2 Å². The number of halogens is 1. The lowest BCUT2D eigenvalue weighted by Gasteiger charge is -2.07. The van der Waals surface area contributed by atoms with Crippen molar-refractivity contribution in [2.24, 2.45) is 0 Å².